The lowest BCUT2D eigenvalue weighted by Crippen LogP contribution is -2.40. The zero-order chi connectivity index (χ0) is 54.5. The van der Waals surface area contributed by atoms with Gasteiger partial charge in [-0.2, -0.15) is 13.0 Å². The number of benzene rings is 3. The molecule has 0 radical (unpaired) electrons. The Balaban J connectivity index is 0.893. The molecule has 0 fully saturated rings. The van der Waals surface area contributed by atoms with Crippen molar-refractivity contribution in [2.24, 2.45) is 0 Å². The Bertz CT molecular complexity index is 3480. The van der Waals surface area contributed by atoms with Crippen molar-refractivity contribution >= 4 is 60.3 Å². The van der Waals surface area contributed by atoms with Crippen LogP contribution in [0.5, 0.6) is 5.75 Å². The van der Waals surface area contributed by atoms with Crippen molar-refractivity contribution in [1.82, 2.24) is 29.7 Å². The van der Waals surface area contributed by atoms with Gasteiger partial charge in [0.25, 0.3) is 21.6 Å². The maximum absolute atomic E-state index is 13.1. The summed E-state index contributed by atoms with van der Waals surface area (Å²) < 4.78 is 80.3. The second kappa shape index (κ2) is 22.9. The fraction of sp³-hybridized carbons (Fsp3) is 0.407. The van der Waals surface area contributed by atoms with Crippen LogP contribution in [-0.4, -0.2) is 99.9 Å². The second-order valence-electron chi connectivity index (χ2n) is 19.6. The first-order valence-electron chi connectivity index (χ1n) is 25.2. The third kappa shape index (κ3) is 12.1. The van der Waals surface area contributed by atoms with Crippen molar-refractivity contribution in [3.05, 3.63) is 129 Å². The highest BCUT2D eigenvalue weighted by molar-refractivity contribution is 7.86. The maximum atomic E-state index is 13.1. The molecule has 21 heteroatoms. The molecule has 0 saturated heterocycles. The SMILES string of the molecule is CCCn1c(=O)c2[nH]c(-c3ccc(OCC(=O)NCCNC(=O)CCCCC[N+]4=C(/C=C/C=C/C=C5/N(CC)c6ccc(S(=O)(=O)O)cc6C5(C)C)C(C)(C)c5cc(S(=O)(=O)[O-])ccc54)cc3)nc2n(CCC)c1=O. The second-order valence-corrected chi connectivity index (χ2v) is 22.4. The molecule has 0 atom stereocenters. The average Bonchev–Trinajstić information content (AvgIpc) is 3.97. The summed E-state index contributed by atoms with van der Waals surface area (Å²) in [6.45, 7) is 15.9. The highest BCUT2D eigenvalue weighted by Crippen LogP contribution is 2.48. The van der Waals surface area contributed by atoms with Gasteiger partial charge in [0.05, 0.1) is 15.2 Å². The number of imidazole rings is 1. The first-order chi connectivity index (χ1) is 35.5. The predicted molar refractivity (Wildman–Crippen MR) is 287 cm³/mol. The number of rotatable bonds is 23. The van der Waals surface area contributed by atoms with Gasteiger partial charge >= 0.3 is 5.69 Å². The van der Waals surface area contributed by atoms with E-state index in [1.54, 1.807) is 36.4 Å². The Morgan fingerprint density at radius 3 is 2.15 bits per heavy atom. The standard InChI is InChI=1S/C54H66N8O11S2/c1-8-30-61-50-48(51(65)62(31-9-2)52(61)66)57-49(58-50)36-20-22-37(23-21-36)73-35-47(64)56-29-28-55-46(63)19-15-12-16-32-60-43-27-25-39(75(70,71)72)34-41(43)54(6,7)45(60)18-14-11-13-17-44-53(4,5)40-33-38(74(67,68)69)24-26-42(40)59(44)10-3/h11,13-14,17-18,20-27,33-34H,8-10,12,15-16,19,28-32,35H2,1-7H3,(H4-,55,56,57,58,63,64,65,67,68,69,70,71,72). The highest BCUT2D eigenvalue weighted by Gasteiger charge is 2.45. The van der Waals surface area contributed by atoms with E-state index in [1.807, 2.05) is 78.8 Å². The third-order valence-corrected chi connectivity index (χ3v) is 15.3. The Morgan fingerprint density at radius 2 is 1.48 bits per heavy atom. The highest BCUT2D eigenvalue weighted by atomic mass is 32.2. The normalized spacial score (nSPS) is 15.6. The monoisotopic (exact) mass is 1070 g/mol. The van der Waals surface area contributed by atoms with Crippen molar-refractivity contribution in [3.63, 3.8) is 0 Å². The molecule has 0 saturated carbocycles. The molecule has 5 aromatic rings. The number of fused-ring (bicyclic) bond motifs is 3. The number of hydrogen-bond donors (Lipinski definition) is 4. The van der Waals surface area contributed by atoms with Crippen LogP contribution in [0.2, 0.25) is 0 Å². The largest absolute Gasteiger partial charge is 0.744 e. The first kappa shape index (κ1) is 55.8. The van der Waals surface area contributed by atoms with Crippen LogP contribution in [0.4, 0.5) is 11.4 Å². The molecule has 7 rings (SSSR count). The molecule has 4 heterocycles. The van der Waals surface area contributed by atoms with Gasteiger partial charge < -0.3 is 29.8 Å². The molecule has 0 bridgehead atoms. The average molecular weight is 1070 g/mol. The van der Waals surface area contributed by atoms with E-state index >= 15 is 0 Å². The number of ether oxygens (including phenoxy) is 1. The number of nitrogens with one attached hydrogen (secondary N) is 3. The molecule has 2 aromatic heterocycles. The van der Waals surface area contributed by atoms with Gasteiger partial charge in [-0.3, -0.25) is 28.1 Å². The Kier molecular flexibility index (Phi) is 17.0. The van der Waals surface area contributed by atoms with Crippen LogP contribution in [0.25, 0.3) is 22.6 Å². The summed E-state index contributed by atoms with van der Waals surface area (Å²) in [7, 11) is -9.09. The smallest absolute Gasteiger partial charge is 0.332 e. The summed E-state index contributed by atoms with van der Waals surface area (Å²) in [6.07, 6.45) is 13.2. The number of aryl methyl sites for hydroxylation is 1. The lowest BCUT2D eigenvalue weighted by molar-refractivity contribution is -0.438. The van der Waals surface area contributed by atoms with E-state index in [1.165, 1.54) is 33.4 Å². The molecule has 75 heavy (non-hydrogen) atoms. The van der Waals surface area contributed by atoms with Gasteiger partial charge in [-0.25, -0.2) is 18.2 Å². The quantitative estimate of drug-likeness (QED) is 0.0233. The van der Waals surface area contributed by atoms with Crippen LogP contribution in [0.15, 0.2) is 116 Å². The van der Waals surface area contributed by atoms with Crippen LogP contribution in [0, 0.1) is 0 Å². The number of unbranched alkanes of at least 4 members (excludes halogenated alkanes) is 2. The minimum atomic E-state index is -4.70. The fourth-order valence-electron chi connectivity index (χ4n) is 9.85. The number of nitrogens with zero attached hydrogens (tertiary/aromatic N) is 5. The van der Waals surface area contributed by atoms with Crippen molar-refractivity contribution in [1.29, 1.82) is 0 Å². The number of anilines is 1. The van der Waals surface area contributed by atoms with Gasteiger partial charge in [-0.1, -0.05) is 45.9 Å². The number of aromatic nitrogens is 4. The molecule has 0 spiro atoms. The van der Waals surface area contributed by atoms with Gasteiger partial charge in [0.2, 0.25) is 11.6 Å². The van der Waals surface area contributed by atoms with Gasteiger partial charge in [0.1, 0.15) is 33.8 Å². The lowest BCUT2D eigenvalue weighted by atomic mass is 9.81. The summed E-state index contributed by atoms with van der Waals surface area (Å²) >= 11 is 0. The van der Waals surface area contributed by atoms with E-state index in [4.69, 9.17) is 4.74 Å². The molecular formula is C54H66N8O11S2. The van der Waals surface area contributed by atoms with Crippen LogP contribution in [0.1, 0.15) is 98.1 Å². The molecule has 0 unspecified atom stereocenters. The van der Waals surface area contributed by atoms with Crippen molar-refractivity contribution in [2.45, 2.75) is 121 Å². The van der Waals surface area contributed by atoms with Gasteiger partial charge in [0, 0.05) is 85.6 Å². The summed E-state index contributed by atoms with van der Waals surface area (Å²) in [6, 6.07) is 15.9. The number of H-pyrrole nitrogens is 1. The van der Waals surface area contributed by atoms with E-state index < -0.39 is 36.6 Å². The Labute approximate surface area is 437 Å². The van der Waals surface area contributed by atoms with E-state index in [9.17, 15) is 45.1 Å². The van der Waals surface area contributed by atoms with Crippen LogP contribution < -0.4 is 31.5 Å². The van der Waals surface area contributed by atoms with Crippen LogP contribution in [-0.2, 0) is 53.7 Å². The van der Waals surface area contributed by atoms with E-state index in [-0.39, 0.29) is 58.9 Å². The molecule has 400 valence electrons. The van der Waals surface area contributed by atoms with Crippen LogP contribution >= 0.6 is 0 Å². The molecular weight excluding hydrogens is 1000 g/mol. The van der Waals surface area contributed by atoms with E-state index in [0.717, 1.165) is 28.3 Å². The van der Waals surface area contributed by atoms with E-state index in [2.05, 4.69) is 30.1 Å². The number of hydrogen-bond acceptors (Lipinski definition) is 12. The number of amides is 2. The summed E-state index contributed by atoms with van der Waals surface area (Å²) in [5.74, 6) is 0.331. The van der Waals surface area contributed by atoms with Crippen molar-refractivity contribution in [2.75, 3.05) is 37.7 Å². The molecule has 3 aromatic carbocycles. The number of aromatic amines is 1. The zero-order valence-corrected chi connectivity index (χ0v) is 45.1. The number of likely N-dealkylation sites (N-methyl/N-ethyl adjacent to an activating group) is 1. The first-order valence-corrected chi connectivity index (χ1v) is 28.1. The summed E-state index contributed by atoms with van der Waals surface area (Å²) in [5, 5.41) is 5.58. The number of carbonyl (C=O) groups excluding carboxylic acids is 2. The Morgan fingerprint density at radius 1 is 0.813 bits per heavy atom. The zero-order valence-electron chi connectivity index (χ0n) is 43.4. The van der Waals surface area contributed by atoms with E-state index in [0.29, 0.717) is 86.6 Å². The van der Waals surface area contributed by atoms with Gasteiger partial charge in [-0.15, -0.1) is 0 Å². The number of allylic oxidation sites excluding steroid dienone is 6. The minimum absolute atomic E-state index is 0.156. The molecule has 2 amide bonds. The number of carbonyl (C=O) groups is 2. The minimum Gasteiger partial charge on any atom is -0.744 e. The van der Waals surface area contributed by atoms with Gasteiger partial charge in [-0.05, 0) is 113 Å². The molecule has 0 aliphatic carbocycles. The maximum Gasteiger partial charge on any atom is 0.332 e. The topological polar surface area (TPSA) is 258 Å². The molecule has 19 nitrogen and oxygen atoms in total. The summed E-state index contributed by atoms with van der Waals surface area (Å²) in [4.78, 5) is 60.8. The van der Waals surface area contributed by atoms with Crippen LogP contribution in [0.3, 0.4) is 0 Å². The lowest BCUT2D eigenvalue weighted by Gasteiger charge is -2.25. The van der Waals surface area contributed by atoms with Crippen molar-refractivity contribution in [3.8, 4) is 17.1 Å². The molecule has 2 aliphatic rings. The van der Waals surface area contributed by atoms with Gasteiger partial charge in [0.15, 0.2) is 18.0 Å². The fourth-order valence-corrected chi connectivity index (χ4v) is 10.9. The summed E-state index contributed by atoms with van der Waals surface area (Å²) in [5.41, 5.74) is 4.17. The third-order valence-electron chi connectivity index (χ3n) is 13.7. The Hall–Kier alpha value is -6.94. The predicted octanol–water partition coefficient (Wildman–Crippen LogP) is 6.59. The van der Waals surface area contributed by atoms with Crippen molar-refractivity contribution < 1.29 is 44.8 Å². The molecule has 4 N–H and O–H groups in total. The molecule has 2 aliphatic heterocycles.